The maximum Gasteiger partial charge on any atom is 0.251 e. The number of nitrogens with zero attached hydrogens (tertiary/aromatic N) is 2. The standard InChI is InChI=1S/C28H37N3O4/c1-19(2)25(29-26(32)21-7-9-22(10-8-21)28(3,4)5)27(33)31-14-12-30(13-15-31)17-20-6-11-23-24(16-20)35-18-34-23/h6-11,16,19,25H,12-15,17-18H2,1-5H3,(H,29,32)/t25-/m0/s1. The average molecular weight is 480 g/mol. The quantitative estimate of drug-likeness (QED) is 0.682. The van der Waals surface area contributed by atoms with E-state index in [4.69, 9.17) is 9.47 Å². The fraction of sp³-hybridized carbons (Fsp3) is 0.500. The minimum atomic E-state index is -0.551. The number of hydrogen-bond acceptors (Lipinski definition) is 5. The van der Waals surface area contributed by atoms with Gasteiger partial charge in [0.05, 0.1) is 0 Å². The van der Waals surface area contributed by atoms with Crippen LogP contribution in [0.15, 0.2) is 42.5 Å². The predicted molar refractivity (Wildman–Crippen MR) is 136 cm³/mol. The number of ether oxygens (including phenoxy) is 2. The lowest BCUT2D eigenvalue weighted by molar-refractivity contribution is -0.136. The van der Waals surface area contributed by atoms with Crippen molar-refractivity contribution in [2.24, 2.45) is 5.92 Å². The molecule has 35 heavy (non-hydrogen) atoms. The van der Waals surface area contributed by atoms with E-state index in [1.807, 2.05) is 55.1 Å². The number of nitrogens with one attached hydrogen (secondary N) is 1. The van der Waals surface area contributed by atoms with Crippen LogP contribution in [0.25, 0.3) is 0 Å². The molecule has 1 fully saturated rings. The van der Waals surface area contributed by atoms with Crippen LogP contribution in [-0.2, 0) is 16.8 Å². The second-order valence-corrected chi connectivity index (χ2v) is 10.8. The van der Waals surface area contributed by atoms with Crippen molar-refractivity contribution in [1.82, 2.24) is 15.1 Å². The Kier molecular flexibility index (Phi) is 7.36. The van der Waals surface area contributed by atoms with Crippen molar-refractivity contribution in [3.8, 4) is 11.5 Å². The maximum atomic E-state index is 13.3. The molecule has 0 spiro atoms. The highest BCUT2D eigenvalue weighted by atomic mass is 16.7. The zero-order valence-corrected chi connectivity index (χ0v) is 21.5. The normalized spacial score (nSPS) is 16.9. The average Bonchev–Trinajstić information content (AvgIpc) is 3.30. The summed E-state index contributed by atoms with van der Waals surface area (Å²) in [5, 5.41) is 2.99. The Morgan fingerprint density at radius 3 is 2.23 bits per heavy atom. The Bertz CT molecular complexity index is 1050. The second kappa shape index (κ2) is 10.3. The molecule has 0 radical (unpaired) electrons. The lowest BCUT2D eigenvalue weighted by atomic mass is 9.86. The van der Waals surface area contributed by atoms with Gasteiger partial charge in [0.2, 0.25) is 12.7 Å². The van der Waals surface area contributed by atoms with E-state index in [0.717, 1.165) is 31.1 Å². The Labute approximate surface area is 208 Å². The van der Waals surface area contributed by atoms with Crippen molar-refractivity contribution in [2.75, 3.05) is 33.0 Å². The van der Waals surface area contributed by atoms with Crippen molar-refractivity contribution in [3.05, 3.63) is 59.2 Å². The molecule has 2 aliphatic rings. The van der Waals surface area contributed by atoms with E-state index >= 15 is 0 Å². The van der Waals surface area contributed by atoms with Crippen molar-refractivity contribution >= 4 is 11.8 Å². The molecule has 0 bridgehead atoms. The first kappa shape index (κ1) is 25.0. The number of benzene rings is 2. The number of hydrogen-bond donors (Lipinski definition) is 1. The molecule has 2 aromatic carbocycles. The van der Waals surface area contributed by atoms with Gasteiger partial charge >= 0.3 is 0 Å². The fourth-order valence-corrected chi connectivity index (χ4v) is 4.48. The molecule has 2 amide bonds. The van der Waals surface area contributed by atoms with Gasteiger partial charge in [0.1, 0.15) is 6.04 Å². The van der Waals surface area contributed by atoms with E-state index in [-0.39, 0.29) is 29.9 Å². The van der Waals surface area contributed by atoms with Gasteiger partial charge in [-0.15, -0.1) is 0 Å². The van der Waals surface area contributed by atoms with Crippen molar-refractivity contribution < 1.29 is 19.1 Å². The molecule has 2 aromatic rings. The van der Waals surface area contributed by atoms with Gasteiger partial charge in [0.25, 0.3) is 5.91 Å². The van der Waals surface area contributed by atoms with Crippen LogP contribution in [0.4, 0.5) is 0 Å². The largest absolute Gasteiger partial charge is 0.454 e. The minimum absolute atomic E-state index is 0.00744. The van der Waals surface area contributed by atoms with E-state index in [1.54, 1.807) is 0 Å². The number of carbonyl (C=O) groups is 2. The van der Waals surface area contributed by atoms with E-state index in [9.17, 15) is 9.59 Å². The highest BCUT2D eigenvalue weighted by molar-refractivity contribution is 5.97. The molecule has 0 aliphatic carbocycles. The van der Waals surface area contributed by atoms with Gasteiger partial charge in [-0.25, -0.2) is 0 Å². The minimum Gasteiger partial charge on any atom is -0.454 e. The molecule has 2 aliphatic heterocycles. The monoisotopic (exact) mass is 479 g/mol. The summed E-state index contributed by atoms with van der Waals surface area (Å²) in [6.45, 7) is 14.3. The zero-order valence-electron chi connectivity index (χ0n) is 21.5. The number of piperazine rings is 1. The first-order valence-corrected chi connectivity index (χ1v) is 12.4. The van der Waals surface area contributed by atoms with Crippen LogP contribution < -0.4 is 14.8 Å². The van der Waals surface area contributed by atoms with Crippen molar-refractivity contribution in [2.45, 2.75) is 52.6 Å². The predicted octanol–water partition coefficient (Wildman–Crippen LogP) is 3.81. The topological polar surface area (TPSA) is 71.1 Å². The summed E-state index contributed by atoms with van der Waals surface area (Å²) in [6.07, 6.45) is 0. The molecule has 188 valence electrons. The lowest BCUT2D eigenvalue weighted by Crippen LogP contribution is -2.56. The van der Waals surface area contributed by atoms with Crippen LogP contribution >= 0.6 is 0 Å². The van der Waals surface area contributed by atoms with Gasteiger partial charge in [-0.1, -0.05) is 52.8 Å². The van der Waals surface area contributed by atoms with Crippen LogP contribution in [0, 0.1) is 5.92 Å². The van der Waals surface area contributed by atoms with Gasteiger partial charge in [0.15, 0.2) is 11.5 Å². The van der Waals surface area contributed by atoms with Crippen LogP contribution in [-0.4, -0.2) is 60.6 Å². The Balaban J connectivity index is 1.32. The maximum absolute atomic E-state index is 13.3. The molecular formula is C28H37N3O4. The van der Waals surface area contributed by atoms with Crippen molar-refractivity contribution in [3.63, 3.8) is 0 Å². The lowest BCUT2D eigenvalue weighted by Gasteiger charge is -2.37. The highest BCUT2D eigenvalue weighted by Gasteiger charge is 2.31. The molecule has 0 saturated carbocycles. The number of amides is 2. The van der Waals surface area contributed by atoms with Crippen molar-refractivity contribution in [1.29, 1.82) is 0 Å². The Hall–Kier alpha value is -3.06. The molecule has 7 heteroatoms. The molecule has 7 nitrogen and oxygen atoms in total. The summed E-state index contributed by atoms with van der Waals surface area (Å²) < 4.78 is 10.9. The summed E-state index contributed by atoms with van der Waals surface area (Å²) >= 11 is 0. The zero-order chi connectivity index (χ0) is 25.2. The second-order valence-electron chi connectivity index (χ2n) is 10.8. The van der Waals surface area contributed by atoms with Gasteiger partial charge in [-0.3, -0.25) is 14.5 Å². The first-order valence-electron chi connectivity index (χ1n) is 12.4. The molecular weight excluding hydrogens is 442 g/mol. The first-order chi connectivity index (χ1) is 16.6. The van der Waals surface area contributed by atoms with Crippen LogP contribution in [0.2, 0.25) is 0 Å². The van der Waals surface area contributed by atoms with E-state index in [0.29, 0.717) is 18.7 Å². The third-order valence-corrected chi connectivity index (χ3v) is 6.76. The third kappa shape index (κ3) is 5.96. The fourth-order valence-electron chi connectivity index (χ4n) is 4.48. The summed E-state index contributed by atoms with van der Waals surface area (Å²) in [6, 6.07) is 13.1. The van der Waals surface area contributed by atoms with Gasteiger partial charge < -0.3 is 19.7 Å². The summed E-state index contributed by atoms with van der Waals surface area (Å²) in [5.74, 6) is 1.35. The van der Waals surface area contributed by atoms with Crippen LogP contribution in [0.5, 0.6) is 11.5 Å². The molecule has 4 rings (SSSR count). The van der Waals surface area contributed by atoms with E-state index < -0.39 is 6.04 Å². The van der Waals surface area contributed by atoms with Gasteiger partial charge in [-0.2, -0.15) is 0 Å². The summed E-state index contributed by atoms with van der Waals surface area (Å²) in [5.41, 5.74) is 2.93. The summed E-state index contributed by atoms with van der Waals surface area (Å²) in [7, 11) is 0. The van der Waals surface area contributed by atoms with Gasteiger partial charge in [0, 0.05) is 38.3 Å². The molecule has 2 heterocycles. The number of rotatable bonds is 6. The molecule has 1 saturated heterocycles. The number of fused-ring (bicyclic) bond motifs is 1. The highest BCUT2D eigenvalue weighted by Crippen LogP contribution is 2.33. The number of carbonyl (C=O) groups excluding carboxylic acids is 2. The SMILES string of the molecule is CC(C)[C@H](NC(=O)c1ccc(C(C)(C)C)cc1)C(=O)N1CCN(Cc2ccc3c(c2)OCO3)CC1. The Morgan fingerprint density at radius 2 is 1.60 bits per heavy atom. The molecule has 1 N–H and O–H groups in total. The van der Waals surface area contributed by atoms with Gasteiger partial charge in [-0.05, 0) is 46.7 Å². The van der Waals surface area contributed by atoms with E-state index in [1.165, 1.54) is 11.1 Å². The summed E-state index contributed by atoms with van der Waals surface area (Å²) in [4.78, 5) is 30.5. The third-order valence-electron chi connectivity index (χ3n) is 6.76. The van der Waals surface area contributed by atoms with E-state index in [2.05, 4.69) is 37.1 Å². The molecule has 0 unspecified atom stereocenters. The Morgan fingerprint density at radius 1 is 0.943 bits per heavy atom. The van der Waals surface area contributed by atoms with Crippen LogP contribution in [0.3, 0.4) is 0 Å². The smallest absolute Gasteiger partial charge is 0.251 e. The molecule has 0 aromatic heterocycles. The van der Waals surface area contributed by atoms with Crippen LogP contribution in [0.1, 0.15) is 56.1 Å². The molecule has 1 atom stereocenters.